The van der Waals surface area contributed by atoms with Gasteiger partial charge in [0.25, 0.3) is 5.91 Å². The van der Waals surface area contributed by atoms with Crippen LogP contribution in [0.2, 0.25) is 0 Å². The minimum absolute atomic E-state index is 0.0296. The molecule has 0 aromatic carbocycles. The van der Waals surface area contributed by atoms with Crippen molar-refractivity contribution < 1.29 is 23.1 Å². The van der Waals surface area contributed by atoms with Crippen LogP contribution in [0.15, 0.2) is 18.3 Å². The van der Waals surface area contributed by atoms with Crippen LogP contribution in [0, 0.1) is 5.92 Å². The number of piperidine rings is 1. The number of carbonyl (C=O) groups is 1. The maximum Gasteiger partial charge on any atom is 0.433 e. The number of alkyl halides is 3. The Bertz CT molecular complexity index is 540. The number of likely N-dealkylation sites (tertiary alicyclic amines) is 1. The number of nitrogens with one attached hydrogen (secondary N) is 1. The summed E-state index contributed by atoms with van der Waals surface area (Å²) < 4.78 is 37.3. The van der Waals surface area contributed by atoms with E-state index < -0.39 is 23.9 Å². The molecule has 1 fully saturated rings. The highest BCUT2D eigenvalue weighted by atomic mass is 19.4. The number of aliphatic hydroxyl groups excluding tert-OH is 1. The van der Waals surface area contributed by atoms with E-state index in [4.69, 9.17) is 0 Å². The molecule has 0 spiro atoms. The van der Waals surface area contributed by atoms with E-state index in [1.165, 1.54) is 0 Å². The third-order valence-electron chi connectivity index (χ3n) is 4.16. The molecule has 2 N–H and O–H groups in total. The summed E-state index contributed by atoms with van der Waals surface area (Å²) in [5.41, 5.74) is -1.01. The summed E-state index contributed by atoms with van der Waals surface area (Å²) in [6, 6.07) is 1.84. The van der Waals surface area contributed by atoms with Gasteiger partial charge in [0.2, 0.25) is 0 Å². The van der Waals surface area contributed by atoms with Gasteiger partial charge in [0.05, 0.1) is 11.7 Å². The second-order valence-corrected chi connectivity index (χ2v) is 6.28. The van der Waals surface area contributed by atoms with E-state index in [2.05, 4.69) is 22.1 Å². The Morgan fingerprint density at radius 1 is 1.42 bits per heavy atom. The smallest absolute Gasteiger partial charge is 0.390 e. The molecule has 0 bridgehead atoms. The second-order valence-electron chi connectivity index (χ2n) is 6.28. The van der Waals surface area contributed by atoms with E-state index in [0.717, 1.165) is 44.3 Å². The first kappa shape index (κ1) is 18.7. The first-order valence-electron chi connectivity index (χ1n) is 7.97. The predicted molar refractivity (Wildman–Crippen MR) is 82.4 cm³/mol. The summed E-state index contributed by atoms with van der Waals surface area (Å²) in [6.07, 6.45) is -2.18. The van der Waals surface area contributed by atoms with Gasteiger partial charge in [-0.25, -0.2) is 0 Å². The fraction of sp³-hybridized carbons (Fsp3) is 0.625. The van der Waals surface area contributed by atoms with E-state index in [0.29, 0.717) is 12.5 Å². The Kier molecular flexibility index (Phi) is 6.17. The highest BCUT2D eigenvalue weighted by molar-refractivity contribution is 5.93. The van der Waals surface area contributed by atoms with Crippen molar-refractivity contribution in [3.8, 4) is 0 Å². The lowest BCUT2D eigenvalue weighted by atomic mass is 9.99. The number of carbonyl (C=O) groups excluding carboxylic acids is 1. The Morgan fingerprint density at radius 3 is 2.62 bits per heavy atom. The van der Waals surface area contributed by atoms with Crippen molar-refractivity contribution in [2.75, 3.05) is 26.2 Å². The summed E-state index contributed by atoms with van der Waals surface area (Å²) in [4.78, 5) is 17.3. The van der Waals surface area contributed by atoms with Gasteiger partial charge in [0, 0.05) is 19.3 Å². The zero-order valence-electron chi connectivity index (χ0n) is 13.5. The zero-order valence-corrected chi connectivity index (χ0v) is 13.5. The Morgan fingerprint density at radius 2 is 2.08 bits per heavy atom. The molecule has 1 saturated heterocycles. The number of β-amino-alcohol motifs (C(OH)–C–C–N with tert-alkyl or cyclic N) is 1. The van der Waals surface area contributed by atoms with Crippen LogP contribution < -0.4 is 5.32 Å². The van der Waals surface area contributed by atoms with Gasteiger partial charge >= 0.3 is 6.18 Å². The summed E-state index contributed by atoms with van der Waals surface area (Å²) in [5, 5.41) is 12.5. The quantitative estimate of drug-likeness (QED) is 0.856. The molecule has 1 aromatic heterocycles. The standard InChI is InChI=1S/C16H22F3N3O2/c1-11-4-6-22(7-5-11)10-13(23)9-21-15(24)12-2-3-14(20-8-12)16(17,18)19/h2-3,8,11,13,23H,4-7,9-10H2,1H3,(H,21,24). The lowest BCUT2D eigenvalue weighted by Gasteiger charge is -2.31. The SMILES string of the molecule is CC1CCN(CC(O)CNC(=O)c2ccc(C(F)(F)F)nc2)CC1. The van der Waals surface area contributed by atoms with Crippen LogP contribution in [0.5, 0.6) is 0 Å². The molecule has 5 nitrogen and oxygen atoms in total. The van der Waals surface area contributed by atoms with Gasteiger partial charge in [-0.1, -0.05) is 6.92 Å². The van der Waals surface area contributed by atoms with Gasteiger partial charge in [0.1, 0.15) is 5.69 Å². The maximum absolute atomic E-state index is 12.4. The predicted octanol–water partition coefficient (Wildman–Crippen LogP) is 1.92. The average Bonchev–Trinajstić information content (AvgIpc) is 2.54. The highest BCUT2D eigenvalue weighted by Crippen LogP contribution is 2.27. The fourth-order valence-electron chi connectivity index (χ4n) is 2.62. The molecule has 8 heteroatoms. The zero-order chi connectivity index (χ0) is 17.7. The maximum atomic E-state index is 12.4. The van der Waals surface area contributed by atoms with Gasteiger partial charge in [-0.15, -0.1) is 0 Å². The second kappa shape index (κ2) is 7.94. The number of aromatic nitrogens is 1. The van der Waals surface area contributed by atoms with E-state index in [9.17, 15) is 23.1 Å². The minimum Gasteiger partial charge on any atom is -0.390 e. The van der Waals surface area contributed by atoms with Gasteiger partial charge < -0.3 is 15.3 Å². The molecule has 24 heavy (non-hydrogen) atoms. The Hall–Kier alpha value is -1.67. The molecule has 2 heterocycles. The number of nitrogens with zero attached hydrogens (tertiary/aromatic N) is 2. The third kappa shape index (κ3) is 5.45. The fourth-order valence-corrected chi connectivity index (χ4v) is 2.62. The number of rotatable bonds is 5. The molecule has 0 radical (unpaired) electrons. The summed E-state index contributed by atoms with van der Waals surface area (Å²) in [7, 11) is 0. The molecule has 1 aliphatic rings. The van der Waals surface area contributed by atoms with Crippen LogP contribution in [-0.4, -0.2) is 53.2 Å². The van der Waals surface area contributed by atoms with Crippen LogP contribution in [-0.2, 0) is 6.18 Å². The van der Waals surface area contributed by atoms with Crippen LogP contribution in [0.3, 0.4) is 0 Å². The number of aliphatic hydroxyl groups is 1. The van der Waals surface area contributed by atoms with Crippen molar-refractivity contribution in [1.82, 2.24) is 15.2 Å². The number of hydrogen-bond acceptors (Lipinski definition) is 4. The molecule has 1 atom stereocenters. The Balaban J connectivity index is 1.78. The van der Waals surface area contributed by atoms with Gasteiger partial charge in [-0.3, -0.25) is 9.78 Å². The van der Waals surface area contributed by atoms with Gasteiger partial charge in [-0.2, -0.15) is 13.2 Å². The molecule has 1 unspecified atom stereocenters. The molecule has 1 aromatic rings. The molecule has 0 saturated carbocycles. The minimum atomic E-state index is -4.53. The van der Waals surface area contributed by atoms with E-state index in [1.54, 1.807) is 0 Å². The average molecular weight is 345 g/mol. The van der Waals surface area contributed by atoms with Crippen molar-refractivity contribution in [1.29, 1.82) is 0 Å². The third-order valence-corrected chi connectivity index (χ3v) is 4.16. The highest BCUT2D eigenvalue weighted by Gasteiger charge is 2.32. The Labute approximate surface area is 138 Å². The van der Waals surface area contributed by atoms with Crippen molar-refractivity contribution >= 4 is 5.91 Å². The van der Waals surface area contributed by atoms with Crippen LogP contribution in [0.25, 0.3) is 0 Å². The monoisotopic (exact) mass is 345 g/mol. The molecule has 2 rings (SSSR count). The molecular formula is C16H22F3N3O2. The molecule has 0 aliphatic carbocycles. The number of pyridine rings is 1. The van der Waals surface area contributed by atoms with Crippen LogP contribution in [0.1, 0.15) is 35.8 Å². The van der Waals surface area contributed by atoms with Crippen molar-refractivity contribution in [3.05, 3.63) is 29.6 Å². The normalized spacial score (nSPS) is 18.4. The number of halogens is 3. The largest absolute Gasteiger partial charge is 0.433 e. The lowest BCUT2D eigenvalue weighted by molar-refractivity contribution is -0.141. The molecule has 1 amide bonds. The summed E-state index contributed by atoms with van der Waals surface area (Å²) in [5.74, 6) is 0.146. The van der Waals surface area contributed by atoms with Crippen molar-refractivity contribution in [3.63, 3.8) is 0 Å². The lowest BCUT2D eigenvalue weighted by Crippen LogP contribution is -2.43. The first-order chi connectivity index (χ1) is 11.3. The van der Waals surface area contributed by atoms with Gasteiger partial charge in [0.15, 0.2) is 0 Å². The summed E-state index contributed by atoms with van der Waals surface area (Å²) >= 11 is 0. The van der Waals surface area contributed by atoms with E-state index >= 15 is 0 Å². The molecule has 134 valence electrons. The number of amides is 1. The first-order valence-corrected chi connectivity index (χ1v) is 7.97. The molecular weight excluding hydrogens is 323 g/mol. The van der Waals surface area contributed by atoms with Gasteiger partial charge in [-0.05, 0) is 44.0 Å². The van der Waals surface area contributed by atoms with Crippen molar-refractivity contribution in [2.24, 2.45) is 5.92 Å². The molecule has 1 aliphatic heterocycles. The van der Waals surface area contributed by atoms with E-state index in [1.807, 2.05) is 0 Å². The van der Waals surface area contributed by atoms with Crippen molar-refractivity contribution in [2.45, 2.75) is 32.0 Å². The van der Waals surface area contributed by atoms with Crippen LogP contribution >= 0.6 is 0 Å². The van der Waals surface area contributed by atoms with E-state index in [-0.39, 0.29) is 12.1 Å². The van der Waals surface area contributed by atoms with Crippen LogP contribution in [0.4, 0.5) is 13.2 Å². The topological polar surface area (TPSA) is 65.5 Å². The summed E-state index contributed by atoms with van der Waals surface area (Å²) in [6.45, 7) is 4.57. The number of hydrogen-bond donors (Lipinski definition) is 2.